The van der Waals surface area contributed by atoms with Crippen molar-refractivity contribution in [3.8, 4) is 5.88 Å². The lowest BCUT2D eigenvalue weighted by Crippen LogP contribution is -2.11. The third-order valence-corrected chi connectivity index (χ3v) is 1.51. The predicted molar refractivity (Wildman–Crippen MR) is 41.4 cm³/mol. The minimum atomic E-state index is -0.141. The first-order chi connectivity index (χ1) is 4.93. The van der Waals surface area contributed by atoms with Gasteiger partial charge in [0.15, 0.2) is 0 Å². The molecule has 0 aliphatic rings. The molecule has 0 amide bonds. The van der Waals surface area contributed by atoms with Crippen LogP contribution >= 0.6 is 0 Å². The predicted octanol–water partition coefficient (Wildman–Crippen LogP) is 0.818. The molecule has 0 spiro atoms. The highest BCUT2D eigenvalue weighted by atomic mass is 16.3. The summed E-state index contributed by atoms with van der Waals surface area (Å²) in [5.74, 6) is 0.150. The third-order valence-electron chi connectivity index (χ3n) is 1.51. The molecule has 0 saturated carbocycles. The van der Waals surface area contributed by atoms with Crippen LogP contribution in [0.15, 0.2) is 0 Å². The van der Waals surface area contributed by atoms with Crippen molar-refractivity contribution in [1.82, 2.24) is 15.0 Å². The molecule has 1 N–H and O–H groups in total. The Morgan fingerprint density at radius 1 is 1.36 bits per heavy atom. The van der Waals surface area contributed by atoms with Crippen molar-refractivity contribution >= 4 is 0 Å². The molecule has 0 saturated heterocycles. The minimum absolute atomic E-state index is 0.141. The first-order valence-corrected chi connectivity index (χ1v) is 3.52. The van der Waals surface area contributed by atoms with Gasteiger partial charge in [-0.3, -0.25) is 0 Å². The molecule has 0 aromatic carbocycles. The molecule has 0 unspecified atom stereocenters. The maximum Gasteiger partial charge on any atom is 0.233 e. The van der Waals surface area contributed by atoms with E-state index in [1.807, 2.05) is 20.8 Å². The van der Waals surface area contributed by atoms with Gasteiger partial charge >= 0.3 is 0 Å². The fourth-order valence-corrected chi connectivity index (χ4v) is 0.838. The molecule has 1 heterocycles. The fraction of sp³-hybridized carbons (Fsp3) is 0.714. The zero-order valence-corrected chi connectivity index (χ0v) is 7.29. The van der Waals surface area contributed by atoms with Gasteiger partial charge in [0.05, 0.1) is 0 Å². The van der Waals surface area contributed by atoms with Gasteiger partial charge < -0.3 is 5.11 Å². The van der Waals surface area contributed by atoms with Crippen LogP contribution in [-0.4, -0.2) is 20.1 Å². The van der Waals surface area contributed by atoms with Crippen LogP contribution in [0, 0.1) is 0 Å². The van der Waals surface area contributed by atoms with Gasteiger partial charge in [0.2, 0.25) is 5.88 Å². The highest BCUT2D eigenvalue weighted by Crippen LogP contribution is 2.26. The Morgan fingerprint density at radius 3 is 2.09 bits per heavy atom. The van der Waals surface area contributed by atoms with Crippen molar-refractivity contribution in [1.29, 1.82) is 0 Å². The van der Waals surface area contributed by atoms with E-state index in [1.54, 1.807) is 7.05 Å². The second kappa shape index (κ2) is 2.22. The van der Waals surface area contributed by atoms with Gasteiger partial charge in [-0.1, -0.05) is 26.0 Å². The van der Waals surface area contributed by atoms with E-state index in [4.69, 9.17) is 0 Å². The lowest BCUT2D eigenvalue weighted by Gasteiger charge is -2.13. The Labute approximate surface area is 65.8 Å². The van der Waals surface area contributed by atoms with Crippen LogP contribution in [0.4, 0.5) is 0 Å². The van der Waals surface area contributed by atoms with Crippen LogP contribution in [0.5, 0.6) is 5.88 Å². The summed E-state index contributed by atoms with van der Waals surface area (Å²) < 4.78 is 1.36. The molecule has 0 fully saturated rings. The lowest BCUT2D eigenvalue weighted by atomic mass is 9.93. The third kappa shape index (κ3) is 1.34. The summed E-state index contributed by atoms with van der Waals surface area (Å²) in [7, 11) is 1.66. The Bertz CT molecular complexity index is 259. The second-order valence-corrected chi connectivity index (χ2v) is 3.64. The van der Waals surface area contributed by atoms with Gasteiger partial charge in [-0.25, -0.2) is 4.68 Å². The van der Waals surface area contributed by atoms with Crippen molar-refractivity contribution in [3.63, 3.8) is 0 Å². The van der Waals surface area contributed by atoms with E-state index in [9.17, 15) is 5.11 Å². The maximum atomic E-state index is 9.41. The summed E-state index contributed by atoms with van der Waals surface area (Å²) in [4.78, 5) is 0. The number of nitrogens with zero attached hydrogens (tertiary/aromatic N) is 3. The number of hydrogen-bond acceptors (Lipinski definition) is 3. The average molecular weight is 155 g/mol. The van der Waals surface area contributed by atoms with Gasteiger partial charge in [-0.15, -0.1) is 5.10 Å². The molecule has 4 heteroatoms. The molecule has 62 valence electrons. The molecule has 0 aliphatic heterocycles. The topological polar surface area (TPSA) is 50.9 Å². The molecule has 11 heavy (non-hydrogen) atoms. The SMILES string of the molecule is Cn1nnc(C(C)(C)C)c1O. The van der Waals surface area contributed by atoms with Crippen molar-refractivity contribution < 1.29 is 5.11 Å². The number of aromatic nitrogens is 3. The van der Waals surface area contributed by atoms with Crippen molar-refractivity contribution in [2.24, 2.45) is 7.05 Å². The largest absolute Gasteiger partial charge is 0.492 e. The van der Waals surface area contributed by atoms with E-state index in [0.29, 0.717) is 5.69 Å². The quantitative estimate of drug-likeness (QED) is 0.603. The van der Waals surface area contributed by atoms with E-state index in [0.717, 1.165) is 0 Å². The molecule has 1 aromatic heterocycles. The minimum Gasteiger partial charge on any atom is -0.492 e. The lowest BCUT2D eigenvalue weighted by molar-refractivity contribution is 0.401. The Balaban J connectivity index is 3.15. The van der Waals surface area contributed by atoms with E-state index in [2.05, 4.69) is 10.3 Å². The number of rotatable bonds is 0. The highest BCUT2D eigenvalue weighted by molar-refractivity contribution is 5.22. The summed E-state index contributed by atoms with van der Waals surface area (Å²) in [6.45, 7) is 5.95. The van der Waals surface area contributed by atoms with Gasteiger partial charge in [0.1, 0.15) is 5.69 Å². The monoisotopic (exact) mass is 155 g/mol. The second-order valence-electron chi connectivity index (χ2n) is 3.64. The Hall–Kier alpha value is -1.06. The molecular weight excluding hydrogens is 142 g/mol. The molecule has 0 aliphatic carbocycles. The van der Waals surface area contributed by atoms with Crippen molar-refractivity contribution in [2.45, 2.75) is 26.2 Å². The molecule has 0 bridgehead atoms. The van der Waals surface area contributed by atoms with Crippen LogP contribution in [0.3, 0.4) is 0 Å². The van der Waals surface area contributed by atoms with Crippen molar-refractivity contribution in [2.75, 3.05) is 0 Å². The molecular formula is C7H13N3O. The van der Waals surface area contributed by atoms with Crippen LogP contribution in [0.2, 0.25) is 0 Å². The Morgan fingerprint density at radius 2 is 1.91 bits per heavy atom. The maximum absolute atomic E-state index is 9.41. The number of aryl methyl sites for hydroxylation is 1. The van der Waals surface area contributed by atoms with Gasteiger partial charge in [0, 0.05) is 12.5 Å². The standard InChI is InChI=1S/C7H13N3O/c1-7(2,3)5-6(11)10(4)9-8-5/h11H,1-4H3. The Kier molecular flexibility index (Phi) is 1.62. The number of hydrogen-bond donors (Lipinski definition) is 1. The zero-order chi connectivity index (χ0) is 8.65. The summed E-state index contributed by atoms with van der Waals surface area (Å²) >= 11 is 0. The molecule has 0 atom stereocenters. The summed E-state index contributed by atoms with van der Waals surface area (Å²) in [6.07, 6.45) is 0. The first-order valence-electron chi connectivity index (χ1n) is 3.52. The van der Waals surface area contributed by atoms with Crippen LogP contribution in [0.25, 0.3) is 0 Å². The molecule has 4 nitrogen and oxygen atoms in total. The summed E-state index contributed by atoms with van der Waals surface area (Å²) in [5.41, 5.74) is 0.498. The first kappa shape index (κ1) is 8.04. The van der Waals surface area contributed by atoms with Gasteiger partial charge in [0.25, 0.3) is 0 Å². The molecule has 1 aromatic rings. The normalized spacial score (nSPS) is 12.0. The van der Waals surface area contributed by atoms with Crippen LogP contribution in [-0.2, 0) is 12.5 Å². The highest BCUT2D eigenvalue weighted by Gasteiger charge is 2.22. The number of aromatic hydroxyl groups is 1. The smallest absolute Gasteiger partial charge is 0.233 e. The van der Waals surface area contributed by atoms with Crippen LogP contribution < -0.4 is 0 Å². The van der Waals surface area contributed by atoms with Crippen LogP contribution in [0.1, 0.15) is 26.5 Å². The summed E-state index contributed by atoms with van der Waals surface area (Å²) in [6, 6.07) is 0. The zero-order valence-electron chi connectivity index (χ0n) is 7.29. The fourth-order valence-electron chi connectivity index (χ4n) is 0.838. The van der Waals surface area contributed by atoms with Gasteiger partial charge in [-0.05, 0) is 0 Å². The molecule has 0 radical (unpaired) electrons. The van der Waals surface area contributed by atoms with E-state index in [1.165, 1.54) is 4.68 Å². The average Bonchev–Trinajstić information content (AvgIpc) is 2.11. The van der Waals surface area contributed by atoms with E-state index >= 15 is 0 Å². The van der Waals surface area contributed by atoms with Crippen molar-refractivity contribution in [3.05, 3.63) is 5.69 Å². The molecule has 1 rings (SSSR count). The van der Waals surface area contributed by atoms with E-state index < -0.39 is 0 Å². The van der Waals surface area contributed by atoms with Gasteiger partial charge in [-0.2, -0.15) is 0 Å². The summed E-state index contributed by atoms with van der Waals surface area (Å²) in [5, 5.41) is 17.0. The van der Waals surface area contributed by atoms with E-state index in [-0.39, 0.29) is 11.3 Å².